The molecule has 0 aliphatic rings. The molecule has 1 heterocycles. The number of nitrogens with zero attached hydrogens (tertiary/aromatic N) is 1. The third-order valence-electron chi connectivity index (χ3n) is 6.61. The smallest absolute Gasteiger partial charge is 0.405 e. The molecule has 39 heavy (non-hydrogen) atoms. The first-order valence-electron chi connectivity index (χ1n) is 13.4. The number of ether oxygens (including phenoxy) is 1. The molecular weight excluding hydrogens is 498 g/mol. The minimum Gasteiger partial charge on any atom is -0.436 e. The van der Waals surface area contributed by atoms with E-state index in [1.54, 1.807) is 30.5 Å². The second-order valence-corrected chi connectivity index (χ2v) is 10.6. The summed E-state index contributed by atoms with van der Waals surface area (Å²) in [6.07, 6.45) is 2.94. The lowest BCUT2D eigenvalue weighted by atomic mass is 9.86. The molecule has 0 aliphatic carbocycles. The van der Waals surface area contributed by atoms with Crippen molar-refractivity contribution in [3.63, 3.8) is 0 Å². The Morgan fingerprint density at radius 1 is 1.08 bits per heavy atom. The number of carbonyl (C=O) groups is 3. The number of aromatic nitrogens is 2. The van der Waals surface area contributed by atoms with E-state index in [0.717, 1.165) is 5.56 Å². The van der Waals surface area contributed by atoms with Gasteiger partial charge < -0.3 is 31.2 Å². The van der Waals surface area contributed by atoms with Crippen LogP contribution in [0.25, 0.3) is 0 Å². The summed E-state index contributed by atoms with van der Waals surface area (Å²) in [5.41, 5.74) is 6.55. The number of aromatic amines is 1. The molecule has 1 aromatic heterocycles. The minimum absolute atomic E-state index is 0.0795. The van der Waals surface area contributed by atoms with Crippen molar-refractivity contribution in [2.24, 2.45) is 23.5 Å². The third-order valence-corrected chi connectivity index (χ3v) is 6.61. The average molecular weight is 542 g/mol. The maximum atomic E-state index is 13.6. The average Bonchev–Trinajstić information content (AvgIpc) is 3.39. The molecule has 5 atom stereocenters. The van der Waals surface area contributed by atoms with E-state index in [1.807, 2.05) is 26.0 Å². The topological polar surface area (TPSA) is 159 Å². The van der Waals surface area contributed by atoms with Crippen LogP contribution in [0.2, 0.25) is 0 Å². The number of carbonyl (C=O) groups excluding carboxylic acids is 3. The van der Waals surface area contributed by atoms with E-state index < -0.39 is 42.2 Å². The Bertz CT molecular complexity index is 1040. The lowest BCUT2D eigenvalue weighted by Crippen LogP contribution is -2.55. The van der Waals surface area contributed by atoms with Crippen molar-refractivity contribution < 1.29 is 24.2 Å². The number of H-pyrrole nitrogens is 1. The van der Waals surface area contributed by atoms with Crippen LogP contribution in [0.15, 0.2) is 55.5 Å². The number of primary amides is 1. The van der Waals surface area contributed by atoms with Crippen molar-refractivity contribution in [2.45, 2.75) is 77.7 Å². The number of imidazole rings is 1. The third kappa shape index (κ3) is 10.9. The van der Waals surface area contributed by atoms with E-state index in [-0.39, 0.29) is 30.6 Å². The summed E-state index contributed by atoms with van der Waals surface area (Å²) in [6.45, 7) is 12.0. The van der Waals surface area contributed by atoms with Gasteiger partial charge in [0.15, 0.2) is 6.10 Å². The molecule has 2 aromatic rings. The number of hydrogen-bond acceptors (Lipinski definition) is 6. The van der Waals surface area contributed by atoms with E-state index in [9.17, 15) is 19.5 Å². The van der Waals surface area contributed by atoms with Gasteiger partial charge in [-0.1, -0.05) is 64.1 Å². The van der Waals surface area contributed by atoms with Gasteiger partial charge in [-0.25, -0.2) is 9.78 Å². The van der Waals surface area contributed by atoms with Crippen molar-refractivity contribution in [2.75, 3.05) is 0 Å². The summed E-state index contributed by atoms with van der Waals surface area (Å²) < 4.78 is 5.11. The molecule has 1 aromatic carbocycles. The molecule has 3 amide bonds. The highest BCUT2D eigenvalue weighted by atomic mass is 16.6. The molecular formula is C29H43N5O5. The van der Waals surface area contributed by atoms with Gasteiger partial charge in [-0.15, -0.1) is 6.58 Å². The number of benzene rings is 1. The molecule has 0 radical (unpaired) electrons. The summed E-state index contributed by atoms with van der Waals surface area (Å²) >= 11 is 0. The van der Waals surface area contributed by atoms with E-state index in [4.69, 9.17) is 10.5 Å². The molecule has 214 valence electrons. The fourth-order valence-electron chi connectivity index (χ4n) is 4.43. The maximum Gasteiger partial charge on any atom is 0.405 e. The minimum atomic E-state index is -1.24. The molecule has 0 unspecified atom stereocenters. The van der Waals surface area contributed by atoms with Crippen LogP contribution in [0, 0.1) is 17.8 Å². The first-order chi connectivity index (χ1) is 18.5. The summed E-state index contributed by atoms with van der Waals surface area (Å²) in [4.78, 5) is 45.4. The zero-order chi connectivity index (χ0) is 28.9. The zero-order valence-electron chi connectivity index (χ0n) is 23.3. The fraction of sp³-hybridized carbons (Fsp3) is 0.517. The molecule has 10 heteroatoms. The van der Waals surface area contributed by atoms with Crippen LogP contribution in [-0.4, -0.2) is 57.3 Å². The van der Waals surface area contributed by atoms with Crippen LogP contribution in [0.1, 0.15) is 51.8 Å². The molecule has 10 nitrogen and oxygen atoms in total. The summed E-state index contributed by atoms with van der Waals surface area (Å²) in [5, 5.41) is 16.8. The first kappa shape index (κ1) is 31.6. The number of aliphatic hydroxyl groups is 1. The summed E-state index contributed by atoms with van der Waals surface area (Å²) in [6, 6.07) is 7.45. The van der Waals surface area contributed by atoms with Crippen molar-refractivity contribution in [3.05, 3.63) is 66.8 Å². The van der Waals surface area contributed by atoms with Gasteiger partial charge in [-0.2, -0.15) is 0 Å². The second-order valence-electron chi connectivity index (χ2n) is 10.6. The molecule has 6 N–H and O–H groups in total. The van der Waals surface area contributed by atoms with E-state index in [0.29, 0.717) is 18.5 Å². The Labute approximate surface area is 230 Å². The Morgan fingerprint density at radius 3 is 2.31 bits per heavy atom. The van der Waals surface area contributed by atoms with Gasteiger partial charge in [0.2, 0.25) is 5.91 Å². The number of allylic oxidation sites excluding steroid dienone is 1. The van der Waals surface area contributed by atoms with E-state index in [1.165, 1.54) is 6.33 Å². The summed E-state index contributed by atoms with van der Waals surface area (Å²) in [5.74, 6) is -0.583. The highest BCUT2D eigenvalue weighted by Crippen LogP contribution is 2.22. The van der Waals surface area contributed by atoms with E-state index >= 15 is 0 Å². The highest BCUT2D eigenvalue weighted by Gasteiger charge is 2.32. The van der Waals surface area contributed by atoms with Gasteiger partial charge in [-0.05, 0) is 36.2 Å². The Balaban J connectivity index is 2.25. The van der Waals surface area contributed by atoms with Gasteiger partial charge in [0.05, 0.1) is 24.2 Å². The van der Waals surface area contributed by atoms with Gasteiger partial charge in [0.1, 0.15) is 6.04 Å². The molecule has 2 rings (SSSR count). The molecule has 0 aliphatic heterocycles. The monoisotopic (exact) mass is 541 g/mol. The molecule has 0 bridgehead atoms. The number of amides is 3. The number of rotatable bonds is 16. The molecule has 0 saturated heterocycles. The fourth-order valence-corrected chi connectivity index (χ4v) is 4.43. The van der Waals surface area contributed by atoms with Gasteiger partial charge in [-0.3, -0.25) is 9.59 Å². The van der Waals surface area contributed by atoms with Crippen LogP contribution in [0.3, 0.4) is 0 Å². The number of aliphatic hydroxyl groups excluding tert-OH is 1. The van der Waals surface area contributed by atoms with Crippen LogP contribution in [0.5, 0.6) is 0 Å². The van der Waals surface area contributed by atoms with Gasteiger partial charge in [0.25, 0.3) is 5.91 Å². The SMILES string of the molecule is C=C[C@@H](C[C@@H](O)[C@H](CC(C)C)NC(=O)[C@H](Cc1c[nH]cn1)NC(=O)[C@H](Cc1ccccc1)OC(N)=O)C(C)C. The second kappa shape index (κ2) is 15.7. The highest BCUT2D eigenvalue weighted by molar-refractivity contribution is 5.90. The number of nitrogens with two attached hydrogens (primary N) is 1. The van der Waals surface area contributed by atoms with Crippen molar-refractivity contribution in [3.8, 4) is 0 Å². The first-order valence-corrected chi connectivity index (χ1v) is 13.4. The van der Waals surface area contributed by atoms with E-state index in [2.05, 4.69) is 41.0 Å². The van der Waals surface area contributed by atoms with Crippen molar-refractivity contribution in [1.29, 1.82) is 0 Å². The maximum absolute atomic E-state index is 13.6. The molecule has 0 saturated carbocycles. The van der Waals surface area contributed by atoms with Gasteiger partial charge >= 0.3 is 6.09 Å². The predicted octanol–water partition coefficient (Wildman–Crippen LogP) is 2.88. The largest absolute Gasteiger partial charge is 0.436 e. The number of hydrogen-bond donors (Lipinski definition) is 5. The molecule has 0 fully saturated rings. The van der Waals surface area contributed by atoms with Crippen LogP contribution >= 0.6 is 0 Å². The zero-order valence-corrected chi connectivity index (χ0v) is 23.3. The Hall–Kier alpha value is -3.66. The normalized spacial score (nSPS) is 15.2. The van der Waals surface area contributed by atoms with Crippen LogP contribution < -0.4 is 16.4 Å². The lowest BCUT2D eigenvalue weighted by molar-refractivity contribution is -0.134. The Kier molecular flexibility index (Phi) is 12.7. The Morgan fingerprint density at radius 2 is 1.77 bits per heavy atom. The van der Waals surface area contributed by atoms with Crippen LogP contribution in [-0.2, 0) is 27.2 Å². The van der Waals surface area contributed by atoms with Gasteiger partial charge in [0, 0.05) is 19.0 Å². The predicted molar refractivity (Wildman–Crippen MR) is 149 cm³/mol. The van der Waals surface area contributed by atoms with Crippen LogP contribution in [0.4, 0.5) is 4.79 Å². The molecule has 0 spiro atoms. The quantitative estimate of drug-likeness (QED) is 0.206. The lowest BCUT2D eigenvalue weighted by Gasteiger charge is -2.30. The standard InChI is InChI=1S/C29H43N5O5/c1-6-21(19(4)5)14-25(35)23(12-18(2)3)33-27(36)24(15-22-16-31-17-32-22)34-28(37)26(39-29(30)38)13-20-10-8-7-9-11-20/h6-11,16-19,21,23-26,35H,1,12-15H2,2-5H3,(H2,30,38)(H,31,32)(H,33,36)(H,34,37)/t21-,23-,24-,25+,26-/m0/s1. The van der Waals surface area contributed by atoms with Crippen molar-refractivity contribution >= 4 is 17.9 Å². The number of nitrogens with one attached hydrogen (secondary N) is 3. The van der Waals surface area contributed by atoms with Crippen molar-refractivity contribution in [1.82, 2.24) is 20.6 Å². The summed E-state index contributed by atoms with van der Waals surface area (Å²) in [7, 11) is 0.